The van der Waals surface area contributed by atoms with Crippen molar-refractivity contribution in [1.82, 2.24) is 15.1 Å². The molecule has 0 aliphatic carbocycles. The molecule has 0 aliphatic rings. The highest BCUT2D eigenvalue weighted by Gasteiger charge is 2.31. The first kappa shape index (κ1) is 15.8. The number of hydrogen-bond donors (Lipinski definition) is 1. The molecule has 0 saturated heterocycles. The highest BCUT2D eigenvalue weighted by molar-refractivity contribution is 5.49. The van der Waals surface area contributed by atoms with Crippen LogP contribution in [0.2, 0.25) is 0 Å². The van der Waals surface area contributed by atoms with E-state index in [4.69, 9.17) is 0 Å². The van der Waals surface area contributed by atoms with E-state index in [0.717, 1.165) is 24.2 Å². The second-order valence-electron chi connectivity index (χ2n) is 4.66. The summed E-state index contributed by atoms with van der Waals surface area (Å²) in [6.07, 6.45) is -3.24. The summed E-state index contributed by atoms with van der Waals surface area (Å²) in [5.41, 5.74) is 1.58. The van der Waals surface area contributed by atoms with Gasteiger partial charge in [0.25, 0.3) is 0 Å². The first-order valence-corrected chi connectivity index (χ1v) is 6.27. The van der Waals surface area contributed by atoms with Crippen LogP contribution in [0.5, 0.6) is 0 Å². The topological polar surface area (TPSA) is 33.1 Å². The van der Waals surface area contributed by atoms with Gasteiger partial charge in [-0.3, -0.25) is 4.68 Å². The molecule has 0 spiro atoms. The van der Waals surface area contributed by atoms with Crippen molar-refractivity contribution in [2.24, 2.45) is 7.05 Å². The summed E-state index contributed by atoms with van der Waals surface area (Å²) in [5.74, 6) is 0.512. The summed E-state index contributed by atoms with van der Waals surface area (Å²) in [6.45, 7) is 4.24. The first-order chi connectivity index (χ1) is 8.76. The van der Waals surface area contributed by atoms with Crippen molar-refractivity contribution in [3.8, 4) is 0 Å². The average Bonchev–Trinajstić information content (AvgIpc) is 2.51. The van der Waals surface area contributed by atoms with Gasteiger partial charge >= 0.3 is 6.18 Å². The largest absolute Gasteiger partial charge is 0.405 e. The molecule has 0 amide bonds. The van der Waals surface area contributed by atoms with Crippen LogP contribution in [0.15, 0.2) is 0 Å². The Hall–Kier alpha value is -1.24. The molecule has 0 atom stereocenters. The van der Waals surface area contributed by atoms with Crippen LogP contribution in [-0.4, -0.2) is 36.1 Å². The van der Waals surface area contributed by atoms with Crippen molar-refractivity contribution in [2.75, 3.05) is 25.0 Å². The van der Waals surface area contributed by atoms with Crippen molar-refractivity contribution in [2.45, 2.75) is 33.0 Å². The van der Waals surface area contributed by atoms with E-state index in [9.17, 15) is 13.2 Å². The zero-order valence-corrected chi connectivity index (χ0v) is 11.8. The third-order valence-corrected chi connectivity index (χ3v) is 2.82. The Morgan fingerprint density at radius 2 is 2.00 bits per heavy atom. The molecule has 0 unspecified atom stereocenters. The summed E-state index contributed by atoms with van der Waals surface area (Å²) in [5, 5.41) is 7.41. The lowest BCUT2D eigenvalue weighted by Crippen LogP contribution is -2.33. The summed E-state index contributed by atoms with van der Waals surface area (Å²) in [6, 6.07) is 0. The van der Waals surface area contributed by atoms with E-state index in [2.05, 4.69) is 10.4 Å². The molecule has 7 heteroatoms. The van der Waals surface area contributed by atoms with Gasteiger partial charge in [0.1, 0.15) is 12.4 Å². The third kappa shape index (κ3) is 4.41. The van der Waals surface area contributed by atoms with Crippen LogP contribution in [0.1, 0.15) is 24.6 Å². The molecule has 4 nitrogen and oxygen atoms in total. The molecule has 0 radical (unpaired) electrons. The predicted octanol–water partition coefficient (Wildman–Crippen LogP) is 2.23. The normalized spacial score (nSPS) is 11.9. The van der Waals surface area contributed by atoms with E-state index in [1.807, 2.05) is 13.8 Å². The Kier molecular flexibility index (Phi) is 5.22. The van der Waals surface area contributed by atoms with Crippen LogP contribution in [0.3, 0.4) is 0 Å². The Labute approximate surface area is 111 Å². The zero-order valence-electron chi connectivity index (χ0n) is 11.8. The number of anilines is 1. The van der Waals surface area contributed by atoms with Gasteiger partial charge in [-0.25, -0.2) is 0 Å². The number of aromatic nitrogens is 2. The smallest absolute Gasteiger partial charge is 0.351 e. The van der Waals surface area contributed by atoms with Gasteiger partial charge in [0, 0.05) is 26.2 Å². The minimum Gasteiger partial charge on any atom is -0.351 e. The molecule has 1 rings (SSSR count). The van der Waals surface area contributed by atoms with Gasteiger partial charge in [-0.15, -0.1) is 0 Å². The Balaban J connectivity index is 2.92. The van der Waals surface area contributed by atoms with Crippen molar-refractivity contribution in [1.29, 1.82) is 0 Å². The fourth-order valence-corrected chi connectivity index (χ4v) is 2.11. The molecule has 0 saturated carbocycles. The molecule has 0 aliphatic heterocycles. The highest BCUT2D eigenvalue weighted by Crippen LogP contribution is 2.25. The van der Waals surface area contributed by atoms with Gasteiger partial charge in [-0.2, -0.15) is 18.3 Å². The molecule has 1 aromatic heterocycles. The third-order valence-electron chi connectivity index (χ3n) is 2.82. The summed E-state index contributed by atoms with van der Waals surface area (Å²) in [7, 11) is 3.10. The number of hydrogen-bond acceptors (Lipinski definition) is 3. The highest BCUT2D eigenvalue weighted by atomic mass is 19.4. The number of nitrogens with one attached hydrogen (secondary N) is 1. The molecule has 0 fully saturated rings. The molecule has 110 valence electrons. The van der Waals surface area contributed by atoms with Crippen molar-refractivity contribution in [3.63, 3.8) is 0 Å². The van der Waals surface area contributed by atoms with E-state index < -0.39 is 12.7 Å². The van der Waals surface area contributed by atoms with Gasteiger partial charge in [0.15, 0.2) is 0 Å². The molecule has 1 heterocycles. The fourth-order valence-electron chi connectivity index (χ4n) is 2.11. The van der Waals surface area contributed by atoms with E-state index in [1.54, 1.807) is 7.05 Å². The monoisotopic (exact) mass is 278 g/mol. The standard InChI is InChI=1S/C12H21F3N4/c1-5-6-16-7-10-9(2)17-19(4)11(10)18(3)8-12(13,14)15/h16H,5-8H2,1-4H3. The fraction of sp³-hybridized carbons (Fsp3) is 0.750. The molecule has 0 aromatic carbocycles. The average molecular weight is 278 g/mol. The predicted molar refractivity (Wildman–Crippen MR) is 69.3 cm³/mol. The first-order valence-electron chi connectivity index (χ1n) is 6.27. The molecule has 1 aromatic rings. The van der Waals surface area contributed by atoms with E-state index in [1.165, 1.54) is 16.6 Å². The van der Waals surface area contributed by atoms with E-state index in [0.29, 0.717) is 12.4 Å². The van der Waals surface area contributed by atoms with Gasteiger partial charge in [-0.1, -0.05) is 6.92 Å². The van der Waals surface area contributed by atoms with Gasteiger partial charge in [0.05, 0.1) is 5.69 Å². The van der Waals surface area contributed by atoms with Crippen LogP contribution < -0.4 is 10.2 Å². The Morgan fingerprint density at radius 3 is 2.53 bits per heavy atom. The number of halogens is 3. The summed E-state index contributed by atoms with van der Waals surface area (Å²) in [4.78, 5) is 1.20. The second-order valence-corrected chi connectivity index (χ2v) is 4.66. The molecule has 19 heavy (non-hydrogen) atoms. The summed E-state index contributed by atoms with van der Waals surface area (Å²) < 4.78 is 38.9. The maximum absolute atomic E-state index is 12.5. The van der Waals surface area contributed by atoms with Crippen molar-refractivity contribution >= 4 is 5.82 Å². The lowest BCUT2D eigenvalue weighted by Gasteiger charge is -2.22. The SMILES string of the molecule is CCCNCc1c(C)nn(C)c1N(C)CC(F)(F)F. The minimum atomic E-state index is -4.22. The van der Waals surface area contributed by atoms with E-state index >= 15 is 0 Å². The Bertz CT molecular complexity index is 412. The maximum atomic E-state index is 12.5. The second kappa shape index (κ2) is 6.27. The van der Waals surface area contributed by atoms with E-state index in [-0.39, 0.29) is 0 Å². The number of aryl methyl sites for hydroxylation is 2. The molecular weight excluding hydrogens is 257 g/mol. The minimum absolute atomic E-state index is 0.512. The Morgan fingerprint density at radius 1 is 1.37 bits per heavy atom. The van der Waals surface area contributed by atoms with Gasteiger partial charge in [0.2, 0.25) is 0 Å². The van der Waals surface area contributed by atoms with Crippen molar-refractivity contribution < 1.29 is 13.2 Å². The number of alkyl halides is 3. The van der Waals surface area contributed by atoms with Crippen LogP contribution in [0.4, 0.5) is 19.0 Å². The quantitative estimate of drug-likeness (QED) is 0.810. The number of rotatable bonds is 6. The van der Waals surface area contributed by atoms with Crippen LogP contribution in [0.25, 0.3) is 0 Å². The van der Waals surface area contributed by atoms with Gasteiger partial charge in [-0.05, 0) is 19.9 Å². The molecule has 1 N–H and O–H groups in total. The van der Waals surface area contributed by atoms with Crippen LogP contribution in [0, 0.1) is 6.92 Å². The number of nitrogens with zero attached hydrogens (tertiary/aromatic N) is 3. The van der Waals surface area contributed by atoms with Crippen molar-refractivity contribution in [3.05, 3.63) is 11.3 Å². The molecular formula is C12H21F3N4. The van der Waals surface area contributed by atoms with Gasteiger partial charge < -0.3 is 10.2 Å². The lowest BCUT2D eigenvalue weighted by molar-refractivity contribution is -0.119. The lowest BCUT2D eigenvalue weighted by atomic mass is 10.2. The molecule has 0 bridgehead atoms. The zero-order chi connectivity index (χ0) is 14.6. The summed E-state index contributed by atoms with van der Waals surface area (Å²) >= 11 is 0. The maximum Gasteiger partial charge on any atom is 0.405 e. The van der Waals surface area contributed by atoms with Crippen LogP contribution in [-0.2, 0) is 13.6 Å². The van der Waals surface area contributed by atoms with Crippen LogP contribution >= 0.6 is 0 Å².